The van der Waals surface area contributed by atoms with Crippen molar-refractivity contribution in [3.63, 3.8) is 0 Å². The molecule has 3 N–H and O–H groups in total. The summed E-state index contributed by atoms with van der Waals surface area (Å²) in [6.07, 6.45) is 7.35. The molecule has 3 heteroatoms. The molecule has 0 rings (SSSR count). The number of aliphatic hydroxyl groups excluding tert-OH is 3. The summed E-state index contributed by atoms with van der Waals surface area (Å²) < 4.78 is 0. The minimum absolute atomic E-state index is 0.160. The molecule has 0 aliphatic heterocycles. The van der Waals surface area contributed by atoms with Gasteiger partial charge in [-0.25, -0.2) is 0 Å². The summed E-state index contributed by atoms with van der Waals surface area (Å²) >= 11 is 0. The van der Waals surface area contributed by atoms with E-state index in [1.807, 2.05) is 0 Å². The van der Waals surface area contributed by atoms with Crippen LogP contribution in [0.4, 0.5) is 0 Å². The summed E-state index contributed by atoms with van der Waals surface area (Å²) in [4.78, 5) is 0. The van der Waals surface area contributed by atoms with Crippen LogP contribution in [0.15, 0.2) is 0 Å². The molecular formula is C14H30O3. The van der Waals surface area contributed by atoms with E-state index >= 15 is 0 Å². The van der Waals surface area contributed by atoms with E-state index < -0.39 is 0 Å². The lowest BCUT2D eigenvalue weighted by molar-refractivity contribution is 0.125. The molecule has 0 aromatic carbocycles. The summed E-state index contributed by atoms with van der Waals surface area (Å²) in [6, 6.07) is 0. The minimum Gasteiger partial charge on any atom is -0.393 e. The zero-order chi connectivity index (χ0) is 13.1. The Kier molecular flexibility index (Phi) is 10.9. The lowest BCUT2D eigenvalue weighted by Crippen LogP contribution is -2.09. The molecule has 3 atom stereocenters. The molecule has 0 heterocycles. The Labute approximate surface area is 106 Å². The highest BCUT2D eigenvalue weighted by Crippen LogP contribution is 2.13. The Bertz CT molecular complexity index is 160. The first kappa shape index (κ1) is 16.9. The zero-order valence-electron chi connectivity index (χ0n) is 11.4. The fraction of sp³-hybridized carbons (Fsp3) is 1.00. The average molecular weight is 246 g/mol. The highest BCUT2D eigenvalue weighted by atomic mass is 16.3. The van der Waals surface area contributed by atoms with Gasteiger partial charge in [0.1, 0.15) is 0 Å². The fourth-order valence-electron chi connectivity index (χ4n) is 2.03. The van der Waals surface area contributed by atoms with Gasteiger partial charge >= 0.3 is 0 Å². The smallest absolute Gasteiger partial charge is 0.0540 e. The summed E-state index contributed by atoms with van der Waals surface area (Å²) in [5, 5.41) is 28.3. The lowest BCUT2D eigenvalue weighted by Gasteiger charge is -2.12. The van der Waals surface area contributed by atoms with Gasteiger partial charge in [0.2, 0.25) is 0 Å². The van der Waals surface area contributed by atoms with Gasteiger partial charge in [-0.3, -0.25) is 0 Å². The third-order valence-corrected chi connectivity index (χ3v) is 3.11. The Balaban J connectivity index is 3.29. The predicted molar refractivity (Wildman–Crippen MR) is 70.9 cm³/mol. The van der Waals surface area contributed by atoms with Crippen molar-refractivity contribution in [3.05, 3.63) is 0 Å². The molecule has 2 unspecified atom stereocenters. The maximum Gasteiger partial charge on any atom is 0.0540 e. The van der Waals surface area contributed by atoms with E-state index in [2.05, 4.69) is 6.92 Å². The lowest BCUT2D eigenvalue weighted by atomic mass is 10.0. The van der Waals surface area contributed by atoms with Crippen LogP contribution in [0.1, 0.15) is 71.6 Å². The Morgan fingerprint density at radius 2 is 1.18 bits per heavy atom. The molecule has 0 bridgehead atoms. The van der Waals surface area contributed by atoms with Gasteiger partial charge < -0.3 is 15.3 Å². The molecular weight excluding hydrogens is 216 g/mol. The second kappa shape index (κ2) is 11.0. The standard InChI is InChI=1S/C14H30O3/c1-3-7-13(16)9-4-5-10-14(17)11-6-8-12(2)15/h12-17H,3-11H2,1-2H3/t12-,13?,14?/m0/s1. The van der Waals surface area contributed by atoms with Crippen molar-refractivity contribution in [1.82, 2.24) is 0 Å². The van der Waals surface area contributed by atoms with Crippen molar-refractivity contribution >= 4 is 0 Å². The topological polar surface area (TPSA) is 60.7 Å². The summed E-state index contributed by atoms with van der Waals surface area (Å²) in [5.74, 6) is 0. The van der Waals surface area contributed by atoms with E-state index in [1.165, 1.54) is 0 Å². The van der Waals surface area contributed by atoms with Crippen molar-refractivity contribution in [3.8, 4) is 0 Å². The highest BCUT2D eigenvalue weighted by molar-refractivity contribution is 4.60. The molecule has 0 aromatic rings. The molecule has 0 aliphatic carbocycles. The number of aliphatic hydroxyl groups is 3. The molecule has 0 aliphatic rings. The Hall–Kier alpha value is -0.120. The first-order valence-corrected chi connectivity index (χ1v) is 7.10. The number of hydrogen-bond acceptors (Lipinski definition) is 3. The number of unbranched alkanes of at least 4 members (excludes halogenated alkanes) is 1. The van der Waals surface area contributed by atoms with Gasteiger partial charge in [-0.2, -0.15) is 0 Å². The van der Waals surface area contributed by atoms with Gasteiger partial charge in [0.15, 0.2) is 0 Å². The van der Waals surface area contributed by atoms with Crippen LogP contribution < -0.4 is 0 Å². The molecule has 3 nitrogen and oxygen atoms in total. The monoisotopic (exact) mass is 246 g/mol. The third kappa shape index (κ3) is 12.1. The van der Waals surface area contributed by atoms with Crippen LogP contribution in [-0.2, 0) is 0 Å². The first-order chi connectivity index (χ1) is 8.06. The quantitative estimate of drug-likeness (QED) is 0.491. The van der Waals surface area contributed by atoms with Crippen LogP contribution in [0.3, 0.4) is 0 Å². The SMILES string of the molecule is CCCC(O)CCCCC(O)CCC[C@H](C)O. The summed E-state index contributed by atoms with van der Waals surface area (Å²) in [7, 11) is 0. The van der Waals surface area contributed by atoms with E-state index in [9.17, 15) is 10.2 Å². The van der Waals surface area contributed by atoms with Crippen molar-refractivity contribution < 1.29 is 15.3 Å². The number of hydrogen-bond donors (Lipinski definition) is 3. The maximum atomic E-state index is 9.69. The van der Waals surface area contributed by atoms with E-state index in [4.69, 9.17) is 5.11 Å². The van der Waals surface area contributed by atoms with Crippen LogP contribution >= 0.6 is 0 Å². The second-order valence-corrected chi connectivity index (χ2v) is 5.16. The predicted octanol–water partition coefficient (Wildman–Crippen LogP) is 2.62. The molecule has 0 saturated carbocycles. The second-order valence-electron chi connectivity index (χ2n) is 5.16. The molecule has 0 fully saturated rings. The van der Waals surface area contributed by atoms with Gasteiger partial charge in [-0.1, -0.05) is 26.2 Å². The van der Waals surface area contributed by atoms with Gasteiger partial charge in [0.05, 0.1) is 18.3 Å². The highest BCUT2D eigenvalue weighted by Gasteiger charge is 2.06. The average Bonchev–Trinajstić information content (AvgIpc) is 2.24. The molecule has 0 aromatic heterocycles. The summed E-state index contributed by atoms with van der Waals surface area (Å²) in [6.45, 7) is 3.86. The van der Waals surface area contributed by atoms with Crippen LogP contribution in [-0.4, -0.2) is 33.6 Å². The van der Waals surface area contributed by atoms with Crippen LogP contribution in [0.2, 0.25) is 0 Å². The van der Waals surface area contributed by atoms with Gasteiger partial charge in [-0.15, -0.1) is 0 Å². The summed E-state index contributed by atoms with van der Waals surface area (Å²) in [5.41, 5.74) is 0. The maximum absolute atomic E-state index is 9.69. The molecule has 0 radical (unpaired) electrons. The van der Waals surface area contributed by atoms with E-state index in [0.717, 1.165) is 57.8 Å². The van der Waals surface area contributed by atoms with Crippen molar-refractivity contribution in [2.24, 2.45) is 0 Å². The van der Waals surface area contributed by atoms with Gasteiger partial charge in [-0.05, 0) is 45.4 Å². The van der Waals surface area contributed by atoms with Gasteiger partial charge in [0, 0.05) is 0 Å². The van der Waals surface area contributed by atoms with Gasteiger partial charge in [0.25, 0.3) is 0 Å². The molecule has 0 amide bonds. The van der Waals surface area contributed by atoms with E-state index in [-0.39, 0.29) is 18.3 Å². The molecule has 104 valence electrons. The van der Waals surface area contributed by atoms with Crippen LogP contribution in [0.5, 0.6) is 0 Å². The molecule has 0 saturated heterocycles. The van der Waals surface area contributed by atoms with Crippen molar-refractivity contribution in [2.45, 2.75) is 89.9 Å². The Morgan fingerprint density at radius 3 is 1.65 bits per heavy atom. The van der Waals surface area contributed by atoms with Crippen molar-refractivity contribution in [1.29, 1.82) is 0 Å². The zero-order valence-corrected chi connectivity index (χ0v) is 11.4. The van der Waals surface area contributed by atoms with Crippen molar-refractivity contribution in [2.75, 3.05) is 0 Å². The van der Waals surface area contributed by atoms with E-state index in [0.29, 0.717) is 0 Å². The van der Waals surface area contributed by atoms with Crippen LogP contribution in [0, 0.1) is 0 Å². The largest absolute Gasteiger partial charge is 0.393 e. The fourth-order valence-corrected chi connectivity index (χ4v) is 2.03. The molecule has 0 spiro atoms. The third-order valence-electron chi connectivity index (χ3n) is 3.11. The normalized spacial score (nSPS) is 16.8. The van der Waals surface area contributed by atoms with Crippen LogP contribution in [0.25, 0.3) is 0 Å². The first-order valence-electron chi connectivity index (χ1n) is 7.10. The Morgan fingerprint density at radius 1 is 0.706 bits per heavy atom. The van der Waals surface area contributed by atoms with E-state index in [1.54, 1.807) is 6.92 Å². The minimum atomic E-state index is -0.258. The molecule has 17 heavy (non-hydrogen) atoms. The number of rotatable bonds is 11.